The van der Waals surface area contributed by atoms with Gasteiger partial charge in [0, 0.05) is 36.0 Å². The van der Waals surface area contributed by atoms with E-state index in [1.54, 1.807) is 31.5 Å². The van der Waals surface area contributed by atoms with Crippen molar-refractivity contribution in [2.24, 2.45) is 0 Å². The highest BCUT2D eigenvalue weighted by molar-refractivity contribution is 6.04. The fraction of sp³-hybridized carbons (Fsp3) is 0.0385. The molecule has 0 saturated carbocycles. The number of pyridine rings is 2. The lowest BCUT2D eigenvalue weighted by Gasteiger charge is -2.13. The van der Waals surface area contributed by atoms with E-state index in [0.717, 1.165) is 6.07 Å². The Kier molecular flexibility index (Phi) is 5.58. The van der Waals surface area contributed by atoms with Crippen LogP contribution in [0.1, 0.15) is 15.9 Å². The van der Waals surface area contributed by atoms with Crippen LogP contribution in [0.3, 0.4) is 0 Å². The van der Waals surface area contributed by atoms with Gasteiger partial charge in [0.25, 0.3) is 11.5 Å². The summed E-state index contributed by atoms with van der Waals surface area (Å²) in [6, 6.07) is 14.2. The van der Waals surface area contributed by atoms with Gasteiger partial charge >= 0.3 is 0 Å². The van der Waals surface area contributed by atoms with E-state index in [9.17, 15) is 18.4 Å². The van der Waals surface area contributed by atoms with Crippen LogP contribution in [0, 0.1) is 18.6 Å². The van der Waals surface area contributed by atoms with Gasteiger partial charge in [-0.1, -0.05) is 0 Å². The summed E-state index contributed by atoms with van der Waals surface area (Å²) in [7, 11) is 0. The van der Waals surface area contributed by atoms with Gasteiger partial charge in [0.05, 0.1) is 5.39 Å². The number of hydrogen-bond acceptors (Lipinski definition) is 4. The predicted molar refractivity (Wildman–Crippen MR) is 127 cm³/mol. The maximum absolute atomic E-state index is 14.9. The molecule has 2 aromatic carbocycles. The average Bonchev–Trinajstić information content (AvgIpc) is 3.33. The second-order valence-electron chi connectivity index (χ2n) is 7.78. The zero-order valence-electron chi connectivity index (χ0n) is 18.4. The van der Waals surface area contributed by atoms with E-state index < -0.39 is 23.1 Å². The SMILES string of the molecule is Cc1cc(Oc2ccnc3[nH]ccc23)c(F)cc1NC(=O)c1cccn(-c2ccc(F)cc2)c1=O. The number of nitrogens with zero attached hydrogens (tertiary/aromatic N) is 2. The molecule has 9 heteroatoms. The number of carbonyl (C=O) groups is 1. The molecule has 174 valence electrons. The fourth-order valence-corrected chi connectivity index (χ4v) is 3.67. The number of rotatable bonds is 5. The number of aryl methyl sites for hydroxylation is 1. The number of ether oxygens (including phenoxy) is 1. The molecular formula is C26H18F2N4O3. The molecule has 1 amide bonds. The summed E-state index contributed by atoms with van der Waals surface area (Å²) in [6.07, 6.45) is 4.73. The molecule has 7 nitrogen and oxygen atoms in total. The summed E-state index contributed by atoms with van der Waals surface area (Å²) in [5.41, 5.74) is 0.994. The normalized spacial score (nSPS) is 10.9. The molecule has 0 aliphatic heterocycles. The minimum atomic E-state index is -0.703. The molecule has 0 fully saturated rings. The second-order valence-corrected chi connectivity index (χ2v) is 7.78. The van der Waals surface area contributed by atoms with E-state index in [-0.39, 0.29) is 17.0 Å². The Hall–Kier alpha value is -4.79. The number of benzene rings is 2. The van der Waals surface area contributed by atoms with Gasteiger partial charge in [-0.2, -0.15) is 0 Å². The number of fused-ring (bicyclic) bond motifs is 1. The van der Waals surface area contributed by atoms with Crippen molar-refractivity contribution in [1.29, 1.82) is 0 Å². The third-order valence-corrected chi connectivity index (χ3v) is 5.46. The number of hydrogen-bond donors (Lipinski definition) is 2. The Labute approximate surface area is 197 Å². The first-order chi connectivity index (χ1) is 16.9. The van der Waals surface area contributed by atoms with Gasteiger partial charge in [-0.15, -0.1) is 0 Å². The van der Waals surface area contributed by atoms with Crippen molar-refractivity contribution in [1.82, 2.24) is 14.5 Å². The molecule has 5 rings (SSSR count). The summed E-state index contributed by atoms with van der Waals surface area (Å²) in [6.45, 7) is 1.68. The summed E-state index contributed by atoms with van der Waals surface area (Å²) in [4.78, 5) is 32.9. The molecule has 0 radical (unpaired) electrons. The first kappa shape index (κ1) is 22.0. The highest BCUT2D eigenvalue weighted by atomic mass is 19.1. The Balaban J connectivity index is 1.41. The number of amides is 1. The lowest BCUT2D eigenvalue weighted by atomic mass is 10.1. The standard InChI is InChI=1S/C26H18F2N4O3/c1-15-13-23(35-22-9-11-30-24-18(22)8-10-29-24)20(28)14-21(15)31-25(33)19-3-2-12-32(26(19)34)17-6-4-16(27)5-7-17/h2-14H,1H3,(H,29,30)(H,31,33). The Morgan fingerprint density at radius 2 is 1.86 bits per heavy atom. The van der Waals surface area contributed by atoms with E-state index >= 15 is 0 Å². The number of halogens is 2. The summed E-state index contributed by atoms with van der Waals surface area (Å²) in [5.74, 6) is -1.43. The highest BCUT2D eigenvalue weighted by Gasteiger charge is 2.17. The average molecular weight is 472 g/mol. The molecule has 0 aliphatic rings. The molecule has 3 aromatic heterocycles. The number of nitrogens with one attached hydrogen (secondary N) is 2. The molecule has 0 atom stereocenters. The molecule has 35 heavy (non-hydrogen) atoms. The largest absolute Gasteiger partial charge is 0.453 e. The number of aromatic amines is 1. The van der Waals surface area contributed by atoms with Crippen molar-refractivity contribution in [3.05, 3.63) is 112 Å². The van der Waals surface area contributed by atoms with Gasteiger partial charge in [-0.25, -0.2) is 13.8 Å². The van der Waals surface area contributed by atoms with Gasteiger partial charge in [0.2, 0.25) is 0 Å². The first-order valence-corrected chi connectivity index (χ1v) is 10.6. The zero-order valence-corrected chi connectivity index (χ0v) is 18.4. The van der Waals surface area contributed by atoms with Crippen LogP contribution in [-0.4, -0.2) is 20.4 Å². The summed E-state index contributed by atoms with van der Waals surface area (Å²) in [5, 5.41) is 3.29. The van der Waals surface area contributed by atoms with Crippen LogP contribution in [0.15, 0.2) is 84.0 Å². The third-order valence-electron chi connectivity index (χ3n) is 5.46. The van der Waals surface area contributed by atoms with Gasteiger partial charge in [0.1, 0.15) is 22.8 Å². The number of H-pyrrole nitrogens is 1. The Bertz CT molecular complexity index is 1620. The smallest absolute Gasteiger partial charge is 0.267 e. The Morgan fingerprint density at radius 3 is 2.66 bits per heavy atom. The second kappa shape index (κ2) is 8.86. The van der Waals surface area contributed by atoms with E-state index in [1.807, 2.05) is 0 Å². The van der Waals surface area contributed by atoms with Gasteiger partial charge in [0.15, 0.2) is 11.6 Å². The lowest BCUT2D eigenvalue weighted by molar-refractivity contribution is 0.102. The van der Waals surface area contributed by atoms with Crippen LogP contribution < -0.4 is 15.6 Å². The van der Waals surface area contributed by atoms with E-state index in [0.29, 0.717) is 28.0 Å². The number of carbonyl (C=O) groups excluding carboxylic acids is 1. The van der Waals surface area contributed by atoms with Crippen molar-refractivity contribution in [2.75, 3.05) is 5.32 Å². The molecule has 5 aromatic rings. The van der Waals surface area contributed by atoms with E-state index in [2.05, 4.69) is 15.3 Å². The molecule has 0 bridgehead atoms. The minimum absolute atomic E-state index is 0.0208. The number of aromatic nitrogens is 3. The van der Waals surface area contributed by atoms with Crippen molar-refractivity contribution < 1.29 is 18.3 Å². The van der Waals surface area contributed by atoms with Crippen molar-refractivity contribution in [3.63, 3.8) is 0 Å². The Morgan fingerprint density at radius 1 is 1.06 bits per heavy atom. The molecule has 0 saturated heterocycles. The minimum Gasteiger partial charge on any atom is -0.453 e. The van der Waals surface area contributed by atoms with E-state index in [4.69, 9.17) is 4.74 Å². The van der Waals surface area contributed by atoms with Gasteiger partial charge < -0.3 is 15.0 Å². The van der Waals surface area contributed by atoms with Crippen molar-refractivity contribution >= 4 is 22.6 Å². The monoisotopic (exact) mass is 472 g/mol. The maximum atomic E-state index is 14.9. The molecule has 0 unspecified atom stereocenters. The first-order valence-electron chi connectivity index (χ1n) is 10.6. The summed E-state index contributed by atoms with van der Waals surface area (Å²) < 4.78 is 35.1. The van der Waals surface area contributed by atoms with Crippen LogP contribution in [0.4, 0.5) is 14.5 Å². The van der Waals surface area contributed by atoms with Crippen molar-refractivity contribution in [2.45, 2.75) is 6.92 Å². The summed E-state index contributed by atoms with van der Waals surface area (Å²) >= 11 is 0. The van der Waals surface area contributed by atoms with Gasteiger partial charge in [-0.05, 0) is 67.1 Å². The van der Waals surface area contributed by atoms with Crippen molar-refractivity contribution in [3.8, 4) is 17.2 Å². The molecular weight excluding hydrogens is 454 g/mol. The van der Waals surface area contributed by atoms with Crippen LogP contribution in [0.2, 0.25) is 0 Å². The highest BCUT2D eigenvalue weighted by Crippen LogP contribution is 2.32. The topological polar surface area (TPSA) is 89.0 Å². The molecule has 0 spiro atoms. The quantitative estimate of drug-likeness (QED) is 0.361. The van der Waals surface area contributed by atoms with E-state index in [1.165, 1.54) is 53.2 Å². The van der Waals surface area contributed by atoms with Crippen LogP contribution in [0.25, 0.3) is 16.7 Å². The third kappa shape index (κ3) is 4.26. The molecule has 2 N–H and O–H groups in total. The maximum Gasteiger partial charge on any atom is 0.267 e. The van der Waals surface area contributed by atoms with Crippen LogP contribution in [0.5, 0.6) is 11.5 Å². The van der Waals surface area contributed by atoms with Gasteiger partial charge in [-0.3, -0.25) is 14.2 Å². The zero-order chi connectivity index (χ0) is 24.5. The lowest BCUT2D eigenvalue weighted by Crippen LogP contribution is -2.28. The van der Waals surface area contributed by atoms with Crippen LogP contribution in [-0.2, 0) is 0 Å². The fourth-order valence-electron chi connectivity index (χ4n) is 3.67. The predicted octanol–water partition coefficient (Wildman–Crippen LogP) is 5.35. The number of anilines is 1. The van der Waals surface area contributed by atoms with Crippen LogP contribution >= 0.6 is 0 Å². The molecule has 0 aliphatic carbocycles. The molecule has 3 heterocycles.